The molecule has 2 aromatic rings. The zero-order valence-corrected chi connectivity index (χ0v) is 22.0. The molecule has 3 N–H and O–H groups in total. The van der Waals surface area contributed by atoms with E-state index in [9.17, 15) is 36.3 Å². The summed E-state index contributed by atoms with van der Waals surface area (Å²) in [5, 5.41) is 14.3. The van der Waals surface area contributed by atoms with E-state index < -0.39 is 65.1 Å². The first-order chi connectivity index (χ1) is 19.4. The van der Waals surface area contributed by atoms with Gasteiger partial charge in [-0.3, -0.25) is 14.4 Å². The maximum atomic E-state index is 14.8. The molecule has 2 saturated carbocycles. The number of carboxylic acid groups (broad SMARTS) is 1. The lowest BCUT2D eigenvalue weighted by Gasteiger charge is -2.27. The van der Waals surface area contributed by atoms with Crippen molar-refractivity contribution in [3.63, 3.8) is 0 Å². The molecule has 0 saturated heterocycles. The van der Waals surface area contributed by atoms with Crippen molar-refractivity contribution in [1.29, 1.82) is 0 Å². The summed E-state index contributed by atoms with van der Waals surface area (Å²) in [6.45, 7) is 0. The van der Waals surface area contributed by atoms with Crippen LogP contribution in [0.25, 0.3) is 0 Å². The molecule has 0 unspecified atom stereocenters. The quantitative estimate of drug-likeness (QED) is 0.351. The number of anilines is 1. The molecule has 0 bridgehead atoms. The number of nitrogens with one attached hydrogen (secondary N) is 2. The van der Waals surface area contributed by atoms with E-state index in [1.54, 1.807) is 0 Å². The highest BCUT2D eigenvalue weighted by atomic mass is 19.4. The fourth-order valence-corrected chi connectivity index (χ4v) is 5.33. The number of hydrogen-bond donors (Lipinski definition) is 3. The number of carbonyl (C=O) groups excluding carboxylic acids is 2. The number of hydrogen-bond acceptors (Lipinski definition) is 5. The van der Waals surface area contributed by atoms with Crippen LogP contribution in [-0.4, -0.2) is 42.1 Å². The molecule has 2 fully saturated rings. The van der Waals surface area contributed by atoms with Crippen molar-refractivity contribution < 1.29 is 50.9 Å². The number of rotatable bonds is 8. The molecule has 41 heavy (non-hydrogen) atoms. The Labute approximate surface area is 232 Å². The normalized spacial score (nSPS) is 22.6. The van der Waals surface area contributed by atoms with Crippen molar-refractivity contribution in [3.05, 3.63) is 53.1 Å². The predicted molar refractivity (Wildman–Crippen MR) is 136 cm³/mol. The average molecular weight is 585 g/mol. The minimum atomic E-state index is -4.94. The maximum Gasteiger partial charge on any atom is 0.419 e. The second-order valence-electron chi connectivity index (χ2n) is 10.2. The second kappa shape index (κ2) is 12.3. The lowest BCUT2D eigenvalue weighted by atomic mass is 9.87. The SMILES string of the molecule is COc1cc(F)c(O[C@H]2CC[C@@H](C(=O)O)CC2)cc1C(=O)N[C@@H]1CCC[C@@H]1C(=O)Nc1ccc(F)c(C(F)(F)F)c1. The van der Waals surface area contributed by atoms with Gasteiger partial charge in [0.1, 0.15) is 11.6 Å². The lowest BCUT2D eigenvalue weighted by molar-refractivity contribution is -0.143. The molecule has 13 heteroatoms. The molecule has 0 aliphatic heterocycles. The molecule has 0 radical (unpaired) electrons. The van der Waals surface area contributed by atoms with Gasteiger partial charge in [0.25, 0.3) is 5.91 Å². The monoisotopic (exact) mass is 584 g/mol. The summed E-state index contributed by atoms with van der Waals surface area (Å²) >= 11 is 0. The van der Waals surface area contributed by atoms with Crippen LogP contribution < -0.4 is 20.1 Å². The van der Waals surface area contributed by atoms with Crippen LogP contribution in [0.5, 0.6) is 11.5 Å². The van der Waals surface area contributed by atoms with Crippen LogP contribution in [0.3, 0.4) is 0 Å². The van der Waals surface area contributed by atoms with Crippen LogP contribution in [0, 0.1) is 23.5 Å². The fourth-order valence-electron chi connectivity index (χ4n) is 5.33. The molecule has 8 nitrogen and oxygen atoms in total. The van der Waals surface area contributed by atoms with Gasteiger partial charge in [0.05, 0.1) is 36.2 Å². The largest absolute Gasteiger partial charge is 0.496 e. The Kier molecular flexibility index (Phi) is 9.03. The first-order valence-corrected chi connectivity index (χ1v) is 13.1. The molecule has 0 aromatic heterocycles. The molecular weight excluding hydrogens is 555 g/mol. The van der Waals surface area contributed by atoms with Gasteiger partial charge < -0.3 is 25.2 Å². The third-order valence-corrected chi connectivity index (χ3v) is 7.52. The first-order valence-electron chi connectivity index (χ1n) is 13.1. The van der Waals surface area contributed by atoms with E-state index in [1.807, 2.05) is 0 Å². The fraction of sp³-hybridized carbons (Fsp3) is 0.464. The third-order valence-electron chi connectivity index (χ3n) is 7.52. The number of benzene rings is 2. The molecule has 222 valence electrons. The van der Waals surface area contributed by atoms with Gasteiger partial charge in [-0.05, 0) is 62.8 Å². The van der Waals surface area contributed by atoms with E-state index in [1.165, 1.54) is 13.2 Å². The molecule has 4 rings (SSSR count). The van der Waals surface area contributed by atoms with E-state index in [-0.39, 0.29) is 22.7 Å². The summed E-state index contributed by atoms with van der Waals surface area (Å²) in [5.41, 5.74) is -1.80. The summed E-state index contributed by atoms with van der Waals surface area (Å²) in [4.78, 5) is 37.4. The van der Waals surface area contributed by atoms with Gasteiger partial charge in [-0.1, -0.05) is 6.42 Å². The van der Waals surface area contributed by atoms with Gasteiger partial charge in [-0.2, -0.15) is 13.2 Å². The Hall–Kier alpha value is -3.90. The molecule has 2 amide bonds. The molecule has 2 aliphatic rings. The summed E-state index contributed by atoms with van der Waals surface area (Å²) in [7, 11) is 1.25. The second-order valence-corrected chi connectivity index (χ2v) is 10.2. The molecule has 2 atom stereocenters. The Morgan fingerprint density at radius 1 is 0.927 bits per heavy atom. The molecule has 0 spiro atoms. The molecular formula is C28H29F5N2O6. The summed E-state index contributed by atoms with van der Waals surface area (Å²) in [6, 6.07) is 3.64. The number of methoxy groups -OCH3 is 1. The number of carbonyl (C=O) groups is 3. The van der Waals surface area contributed by atoms with E-state index in [4.69, 9.17) is 14.6 Å². The maximum absolute atomic E-state index is 14.8. The van der Waals surface area contributed by atoms with Crippen LogP contribution in [0.2, 0.25) is 0 Å². The van der Waals surface area contributed by atoms with Crippen LogP contribution in [0.4, 0.5) is 27.6 Å². The van der Waals surface area contributed by atoms with Gasteiger partial charge in [-0.25, -0.2) is 8.78 Å². The van der Waals surface area contributed by atoms with Crippen molar-refractivity contribution in [1.82, 2.24) is 5.32 Å². The smallest absolute Gasteiger partial charge is 0.419 e. The van der Waals surface area contributed by atoms with Crippen LogP contribution in [0.1, 0.15) is 60.9 Å². The van der Waals surface area contributed by atoms with Crippen molar-refractivity contribution in [2.24, 2.45) is 11.8 Å². The van der Waals surface area contributed by atoms with Crippen molar-refractivity contribution in [2.45, 2.75) is 63.3 Å². The van der Waals surface area contributed by atoms with Gasteiger partial charge in [-0.15, -0.1) is 0 Å². The minimum absolute atomic E-state index is 0.0532. The number of amides is 2. The Morgan fingerprint density at radius 3 is 2.27 bits per heavy atom. The van der Waals surface area contributed by atoms with Gasteiger partial charge in [0, 0.05) is 17.8 Å². The van der Waals surface area contributed by atoms with E-state index >= 15 is 0 Å². The number of ether oxygens (including phenoxy) is 2. The van der Waals surface area contributed by atoms with Crippen molar-refractivity contribution in [2.75, 3.05) is 12.4 Å². The van der Waals surface area contributed by atoms with Crippen LogP contribution >= 0.6 is 0 Å². The highest BCUT2D eigenvalue weighted by Gasteiger charge is 2.37. The summed E-state index contributed by atoms with van der Waals surface area (Å²) in [5.74, 6) is -5.99. The molecule has 2 aromatic carbocycles. The van der Waals surface area contributed by atoms with Crippen molar-refractivity contribution in [3.8, 4) is 11.5 Å². The number of aliphatic carboxylic acids is 1. The van der Waals surface area contributed by atoms with E-state index in [2.05, 4.69) is 10.6 Å². The number of halogens is 5. The first kappa shape index (κ1) is 30.1. The zero-order chi connectivity index (χ0) is 29.9. The predicted octanol–water partition coefficient (Wildman–Crippen LogP) is 5.55. The lowest BCUT2D eigenvalue weighted by Crippen LogP contribution is -2.42. The van der Waals surface area contributed by atoms with Crippen LogP contribution in [-0.2, 0) is 15.8 Å². The Balaban J connectivity index is 1.45. The zero-order valence-electron chi connectivity index (χ0n) is 22.0. The summed E-state index contributed by atoms with van der Waals surface area (Å²) in [6.07, 6.45) is -2.51. The van der Waals surface area contributed by atoms with Gasteiger partial charge in [0.15, 0.2) is 11.6 Å². The Bertz CT molecular complexity index is 1310. The Morgan fingerprint density at radius 2 is 1.63 bits per heavy atom. The summed E-state index contributed by atoms with van der Waals surface area (Å²) < 4.78 is 78.5. The third kappa shape index (κ3) is 7.06. The standard InChI is InChI=1S/C28H29F5N2O6/c1-40-23-13-21(30)24(41-16-8-5-14(6-9-16)27(38)39)12-18(23)26(37)35-22-4-2-3-17(22)25(36)34-15-7-10-20(29)19(11-15)28(31,32)33/h7,10-14,16-17,22H,2-6,8-9H2,1H3,(H,34,36)(H,35,37)(H,38,39)/t14-,16+,17-,22+/m0/s1. The highest BCUT2D eigenvalue weighted by molar-refractivity contribution is 5.99. The van der Waals surface area contributed by atoms with Gasteiger partial charge >= 0.3 is 12.1 Å². The van der Waals surface area contributed by atoms with Gasteiger partial charge in [0.2, 0.25) is 5.91 Å². The van der Waals surface area contributed by atoms with E-state index in [0.29, 0.717) is 57.1 Å². The average Bonchev–Trinajstić information content (AvgIpc) is 3.38. The van der Waals surface area contributed by atoms with Crippen molar-refractivity contribution >= 4 is 23.5 Å². The number of alkyl halides is 3. The minimum Gasteiger partial charge on any atom is -0.496 e. The molecule has 2 aliphatic carbocycles. The van der Waals surface area contributed by atoms with Crippen LogP contribution in [0.15, 0.2) is 30.3 Å². The highest BCUT2D eigenvalue weighted by Crippen LogP contribution is 2.35. The number of carboxylic acids is 1. The topological polar surface area (TPSA) is 114 Å². The molecule has 0 heterocycles. The van der Waals surface area contributed by atoms with E-state index in [0.717, 1.165) is 12.1 Å².